The van der Waals surface area contributed by atoms with Crippen molar-refractivity contribution in [3.8, 4) is 0 Å². The van der Waals surface area contributed by atoms with Crippen LogP contribution in [0.1, 0.15) is 47.4 Å². The van der Waals surface area contributed by atoms with Crippen molar-refractivity contribution in [2.24, 2.45) is 5.11 Å². The lowest BCUT2D eigenvalue weighted by Gasteiger charge is -2.45. The zero-order valence-corrected chi connectivity index (χ0v) is 26.6. The van der Waals surface area contributed by atoms with Crippen LogP contribution in [0.25, 0.3) is 10.4 Å². The molecule has 1 saturated carbocycles. The van der Waals surface area contributed by atoms with Gasteiger partial charge in [0.1, 0.15) is 35.1 Å². The summed E-state index contributed by atoms with van der Waals surface area (Å²) in [5.41, 5.74) is 9.89. The fourth-order valence-corrected chi connectivity index (χ4v) is 9.73. The van der Waals surface area contributed by atoms with Gasteiger partial charge in [0, 0.05) is 35.0 Å². The van der Waals surface area contributed by atoms with Gasteiger partial charge < -0.3 is 28.4 Å². The summed E-state index contributed by atoms with van der Waals surface area (Å²) in [7, 11) is 0. The first kappa shape index (κ1) is 32.6. The highest BCUT2D eigenvalue weighted by Gasteiger charge is 2.59. The monoisotopic (exact) mass is 672 g/mol. The number of azide groups is 1. The van der Waals surface area contributed by atoms with E-state index >= 15 is 0 Å². The minimum Gasteiger partial charge on any atom is -0.459 e. The number of fused-ring (bicyclic) bond motifs is 1. The second-order valence-corrected chi connectivity index (χ2v) is 14.8. The van der Waals surface area contributed by atoms with E-state index in [2.05, 4.69) is 10.0 Å². The van der Waals surface area contributed by atoms with Gasteiger partial charge in [0.2, 0.25) is 0 Å². The maximum absolute atomic E-state index is 13.1. The third kappa shape index (κ3) is 6.83. The van der Waals surface area contributed by atoms with Gasteiger partial charge in [-0.25, -0.2) is 9.59 Å². The van der Waals surface area contributed by atoms with Gasteiger partial charge in [0.15, 0.2) is 12.1 Å². The van der Waals surface area contributed by atoms with Gasteiger partial charge in [-0.15, -0.1) is 23.5 Å². The van der Waals surface area contributed by atoms with Crippen molar-refractivity contribution in [3.63, 3.8) is 0 Å². The number of nitrogens with zero attached hydrogens (tertiary/aromatic N) is 4. The Morgan fingerprint density at radius 1 is 1.04 bits per heavy atom. The number of benzene rings is 2. The molecule has 14 nitrogen and oxygen atoms in total. The van der Waals surface area contributed by atoms with E-state index in [0.29, 0.717) is 12.0 Å². The van der Waals surface area contributed by atoms with Gasteiger partial charge in [-0.2, -0.15) is 0 Å². The van der Waals surface area contributed by atoms with Crippen molar-refractivity contribution < 1.29 is 42.9 Å². The average Bonchev–Trinajstić information content (AvgIpc) is 3.72. The first-order valence-electron chi connectivity index (χ1n) is 14.7. The Labute approximate surface area is 272 Å². The van der Waals surface area contributed by atoms with Crippen molar-refractivity contribution in [2.45, 2.75) is 79.4 Å². The lowest BCUT2D eigenvalue weighted by atomic mass is 9.89. The summed E-state index contributed by atoms with van der Waals surface area (Å²) < 4.78 is 36.0. The first-order chi connectivity index (χ1) is 22.1. The number of nitro benzene ring substituents is 1. The Morgan fingerprint density at radius 3 is 2.39 bits per heavy atom. The molecular weight excluding hydrogens is 640 g/mol. The number of hydrogen-bond donors (Lipinski definition) is 0. The van der Waals surface area contributed by atoms with Crippen LogP contribution in [0.3, 0.4) is 0 Å². The number of thioether (sulfide) groups is 2. The minimum atomic E-state index is -0.948. The fraction of sp³-hybridized carbons (Fsp3) is 0.533. The smallest absolute Gasteiger partial charge is 0.338 e. The Morgan fingerprint density at radius 2 is 1.72 bits per heavy atom. The molecule has 0 radical (unpaired) electrons. The highest BCUT2D eigenvalue weighted by Crippen LogP contribution is 2.55. The Kier molecular flexibility index (Phi) is 9.48. The number of ether oxygens (including phenoxy) is 6. The predicted octanol–water partition coefficient (Wildman–Crippen LogP) is 5.26. The van der Waals surface area contributed by atoms with Gasteiger partial charge >= 0.3 is 11.9 Å². The molecule has 16 heteroatoms. The highest BCUT2D eigenvalue weighted by molar-refractivity contribution is 8.21. The molecule has 3 aliphatic heterocycles. The van der Waals surface area contributed by atoms with Gasteiger partial charge in [-0.1, -0.05) is 23.3 Å². The van der Waals surface area contributed by atoms with Crippen molar-refractivity contribution in [2.75, 3.05) is 18.1 Å². The van der Waals surface area contributed by atoms with E-state index in [9.17, 15) is 25.2 Å². The molecule has 0 aromatic heterocycles. The minimum absolute atomic E-state index is 0.139. The number of carbonyl (C=O) groups is 2. The zero-order valence-electron chi connectivity index (χ0n) is 25.0. The van der Waals surface area contributed by atoms with Crippen molar-refractivity contribution in [1.82, 2.24) is 0 Å². The third-order valence-electron chi connectivity index (χ3n) is 8.15. The molecule has 4 fully saturated rings. The zero-order chi connectivity index (χ0) is 32.5. The molecule has 46 heavy (non-hydrogen) atoms. The standard InChI is InChI=1S/C30H32N4O10S2/c1-29(2)43-23-22(16-39-26(35)18-8-10-19(11-9-18)34(37)38)41-28(24(23)44-29)40-20-14-21(32-33-31)25(30(15-20)45-12-13-46-30)42-27(36)17-6-4-3-5-7-17/h3-11,20-25,28H,12-16H2,1-2H3/t20-,21-,22-,23-,24-,25+,28+/m1/s1. The largest absolute Gasteiger partial charge is 0.459 e. The lowest BCUT2D eigenvalue weighted by Crippen LogP contribution is -2.54. The molecule has 0 amide bonds. The molecule has 0 bridgehead atoms. The molecule has 3 heterocycles. The number of nitro groups is 1. The summed E-state index contributed by atoms with van der Waals surface area (Å²) in [6.07, 6.45) is -3.20. The summed E-state index contributed by atoms with van der Waals surface area (Å²) in [4.78, 5) is 39.3. The van der Waals surface area contributed by atoms with Crippen LogP contribution >= 0.6 is 23.5 Å². The van der Waals surface area contributed by atoms with E-state index < -0.39 is 69.6 Å². The Bertz CT molecular complexity index is 1500. The summed E-state index contributed by atoms with van der Waals surface area (Å²) in [5, 5.41) is 15.0. The lowest BCUT2D eigenvalue weighted by molar-refractivity contribution is -0.384. The predicted molar refractivity (Wildman–Crippen MR) is 166 cm³/mol. The van der Waals surface area contributed by atoms with Crippen molar-refractivity contribution >= 4 is 41.1 Å². The van der Waals surface area contributed by atoms with Crippen molar-refractivity contribution in [3.05, 3.63) is 86.3 Å². The normalized spacial score (nSPS) is 30.7. The van der Waals surface area contributed by atoms with Crippen LogP contribution in [0, 0.1) is 10.1 Å². The van der Waals surface area contributed by atoms with Gasteiger partial charge in [-0.3, -0.25) is 10.1 Å². The molecule has 0 unspecified atom stereocenters. The molecule has 3 saturated heterocycles. The number of rotatable bonds is 9. The first-order valence-corrected chi connectivity index (χ1v) is 16.7. The SMILES string of the molecule is CC1(C)O[C@H]2[C@@H](O[C@@H]3C[C@@H](N=[N+]=[N-])[C@H](OC(=O)c4ccccc4)C4(C3)SCCS4)O[C@H](COC(=O)c3ccc([N+](=O)[O-])cc3)[C@H]2O1. The van der Waals surface area contributed by atoms with Crippen LogP contribution in [0.15, 0.2) is 59.7 Å². The topological polar surface area (TPSA) is 181 Å². The van der Waals surface area contributed by atoms with E-state index in [1.165, 1.54) is 24.3 Å². The molecular formula is C30H32N4O10S2. The second kappa shape index (κ2) is 13.4. The molecule has 7 atom stereocenters. The molecule has 1 aliphatic carbocycles. The summed E-state index contributed by atoms with van der Waals surface area (Å²) >= 11 is 3.33. The van der Waals surface area contributed by atoms with Crippen LogP contribution in [-0.4, -0.2) is 87.7 Å². The molecule has 6 rings (SSSR count). The van der Waals surface area contributed by atoms with Gasteiger partial charge in [0.05, 0.1) is 28.2 Å². The van der Waals surface area contributed by atoms with E-state index in [1.807, 2.05) is 6.07 Å². The van der Waals surface area contributed by atoms with E-state index in [0.717, 1.165) is 11.5 Å². The molecule has 2 aromatic rings. The summed E-state index contributed by atoms with van der Waals surface area (Å²) in [5.74, 6) is -0.440. The maximum Gasteiger partial charge on any atom is 0.338 e. The molecule has 244 valence electrons. The van der Waals surface area contributed by atoms with Crippen LogP contribution in [0.4, 0.5) is 5.69 Å². The molecule has 1 spiro atoms. The fourth-order valence-electron chi connectivity index (χ4n) is 6.20. The summed E-state index contributed by atoms with van der Waals surface area (Å²) in [6, 6.07) is 13.1. The number of hydrogen-bond acceptors (Lipinski definition) is 13. The average molecular weight is 673 g/mol. The van der Waals surface area contributed by atoms with Crippen LogP contribution in [0.2, 0.25) is 0 Å². The number of non-ortho nitro benzene ring substituents is 1. The molecule has 2 aromatic carbocycles. The van der Waals surface area contributed by atoms with E-state index in [4.69, 9.17) is 28.4 Å². The Balaban J connectivity index is 1.15. The van der Waals surface area contributed by atoms with Crippen LogP contribution in [0.5, 0.6) is 0 Å². The molecule has 4 aliphatic rings. The molecule has 0 N–H and O–H groups in total. The maximum atomic E-state index is 13.1. The number of esters is 2. The van der Waals surface area contributed by atoms with Crippen LogP contribution < -0.4 is 0 Å². The summed E-state index contributed by atoms with van der Waals surface area (Å²) in [6.45, 7) is 3.37. The van der Waals surface area contributed by atoms with E-state index in [-0.39, 0.29) is 24.3 Å². The number of carbonyl (C=O) groups excluding carboxylic acids is 2. The van der Waals surface area contributed by atoms with Gasteiger partial charge in [-0.05, 0) is 50.1 Å². The third-order valence-corrected chi connectivity index (χ3v) is 11.7. The quantitative estimate of drug-likeness (QED) is 0.0843. The van der Waals surface area contributed by atoms with E-state index in [1.54, 1.807) is 61.6 Å². The Hall–Kier alpha value is -3.37. The van der Waals surface area contributed by atoms with Crippen LogP contribution in [-0.2, 0) is 28.4 Å². The highest BCUT2D eigenvalue weighted by atomic mass is 32.2. The van der Waals surface area contributed by atoms with Crippen molar-refractivity contribution in [1.29, 1.82) is 0 Å². The second-order valence-electron chi connectivity index (χ2n) is 11.7. The van der Waals surface area contributed by atoms with Gasteiger partial charge in [0.25, 0.3) is 5.69 Å².